The summed E-state index contributed by atoms with van der Waals surface area (Å²) in [5.74, 6) is 1.64. The summed E-state index contributed by atoms with van der Waals surface area (Å²) in [6.07, 6.45) is 0. The van der Waals surface area contributed by atoms with Crippen molar-refractivity contribution in [3.63, 3.8) is 0 Å². The van der Waals surface area contributed by atoms with Crippen LogP contribution >= 0.6 is 11.3 Å². The maximum Gasteiger partial charge on any atom is 0.213 e. The maximum absolute atomic E-state index is 9.34. The van der Waals surface area contributed by atoms with E-state index >= 15 is 0 Å². The number of methoxy groups -OCH3 is 1. The van der Waals surface area contributed by atoms with Crippen LogP contribution < -0.4 is 9.47 Å². The summed E-state index contributed by atoms with van der Waals surface area (Å²) >= 11 is 1.43. The van der Waals surface area contributed by atoms with E-state index in [1.807, 2.05) is 38.1 Å². The van der Waals surface area contributed by atoms with Crippen LogP contribution in [0.3, 0.4) is 0 Å². The molecule has 0 atom stereocenters. The summed E-state index contributed by atoms with van der Waals surface area (Å²) in [6.45, 7) is 4.35. The van der Waals surface area contributed by atoms with E-state index in [0.29, 0.717) is 18.1 Å². The van der Waals surface area contributed by atoms with Crippen LogP contribution in [-0.4, -0.2) is 21.7 Å². The summed E-state index contributed by atoms with van der Waals surface area (Å²) in [7, 11) is 1.62. The van der Waals surface area contributed by atoms with Crippen LogP contribution in [0.1, 0.15) is 36.2 Å². The zero-order valence-corrected chi connectivity index (χ0v) is 13.9. The van der Waals surface area contributed by atoms with Crippen molar-refractivity contribution in [1.82, 2.24) is 14.6 Å². The normalized spacial score (nSPS) is 10.9. The number of nitriles is 1. The molecule has 0 saturated heterocycles. The van der Waals surface area contributed by atoms with Crippen LogP contribution in [0.5, 0.6) is 11.5 Å². The predicted octanol–water partition coefficient (Wildman–Crippen LogP) is 3.37. The van der Waals surface area contributed by atoms with Gasteiger partial charge in [0.1, 0.15) is 24.2 Å². The Labute approximate surface area is 137 Å². The van der Waals surface area contributed by atoms with Crippen LogP contribution in [0.15, 0.2) is 24.3 Å². The van der Waals surface area contributed by atoms with Gasteiger partial charge in [0.25, 0.3) is 0 Å². The molecule has 0 amide bonds. The molecule has 23 heavy (non-hydrogen) atoms. The van der Waals surface area contributed by atoms with Gasteiger partial charge in [-0.15, -0.1) is 0 Å². The molecule has 3 rings (SSSR count). The number of imidazole rings is 1. The zero-order valence-electron chi connectivity index (χ0n) is 13.1. The Morgan fingerprint density at radius 3 is 2.83 bits per heavy atom. The van der Waals surface area contributed by atoms with Crippen molar-refractivity contribution in [2.75, 3.05) is 7.11 Å². The minimum Gasteiger partial charge on any atom is -0.497 e. The summed E-state index contributed by atoms with van der Waals surface area (Å²) in [5.41, 5.74) is 1.28. The number of hydrogen-bond acceptors (Lipinski definition) is 6. The molecule has 0 aliphatic rings. The van der Waals surface area contributed by atoms with Crippen molar-refractivity contribution in [1.29, 1.82) is 5.26 Å². The summed E-state index contributed by atoms with van der Waals surface area (Å²) < 4.78 is 12.5. The molecule has 0 aliphatic heterocycles. The van der Waals surface area contributed by atoms with Gasteiger partial charge in [0.15, 0.2) is 10.7 Å². The fourth-order valence-corrected chi connectivity index (χ4v) is 3.02. The fourth-order valence-electron chi connectivity index (χ4n) is 2.21. The molecular formula is C16H16N4O2S. The van der Waals surface area contributed by atoms with E-state index in [1.165, 1.54) is 11.3 Å². The third kappa shape index (κ3) is 2.98. The largest absolute Gasteiger partial charge is 0.497 e. The van der Waals surface area contributed by atoms with Gasteiger partial charge in [-0.25, -0.2) is 4.98 Å². The predicted molar refractivity (Wildman–Crippen MR) is 87.0 cm³/mol. The van der Waals surface area contributed by atoms with Gasteiger partial charge in [0.2, 0.25) is 4.96 Å². The Morgan fingerprint density at radius 1 is 1.35 bits per heavy atom. The minimum atomic E-state index is 0.190. The molecule has 1 aromatic carbocycles. The molecule has 0 fully saturated rings. The van der Waals surface area contributed by atoms with E-state index in [9.17, 15) is 5.26 Å². The van der Waals surface area contributed by atoms with Crippen molar-refractivity contribution < 1.29 is 9.47 Å². The Morgan fingerprint density at radius 2 is 2.13 bits per heavy atom. The molecule has 0 radical (unpaired) electrons. The summed E-state index contributed by atoms with van der Waals surface area (Å²) in [4.78, 5) is 5.22. The number of ether oxygens (including phenoxy) is 2. The molecule has 2 aromatic heterocycles. The van der Waals surface area contributed by atoms with Crippen LogP contribution in [0.2, 0.25) is 0 Å². The first kappa shape index (κ1) is 15.3. The van der Waals surface area contributed by atoms with Crippen molar-refractivity contribution in [3.8, 4) is 17.6 Å². The lowest BCUT2D eigenvalue weighted by molar-refractivity contribution is 0.301. The molecule has 0 unspecified atom stereocenters. The molecule has 0 spiro atoms. The van der Waals surface area contributed by atoms with Gasteiger partial charge in [-0.2, -0.15) is 14.9 Å². The Balaban J connectivity index is 1.81. The molecule has 0 bridgehead atoms. The molecule has 0 aliphatic carbocycles. The average Bonchev–Trinajstić information content (AvgIpc) is 3.10. The second-order valence-corrected chi connectivity index (χ2v) is 6.31. The number of hydrogen-bond donors (Lipinski definition) is 0. The molecular weight excluding hydrogens is 312 g/mol. The van der Waals surface area contributed by atoms with E-state index in [2.05, 4.69) is 16.2 Å². The molecule has 0 N–H and O–H groups in total. The van der Waals surface area contributed by atoms with Gasteiger partial charge in [-0.3, -0.25) is 0 Å². The van der Waals surface area contributed by atoms with Crippen LogP contribution in [-0.2, 0) is 6.61 Å². The first-order chi connectivity index (χ1) is 11.1. The third-order valence-electron chi connectivity index (χ3n) is 3.33. The average molecular weight is 328 g/mol. The molecule has 0 saturated carbocycles. The third-order valence-corrected chi connectivity index (χ3v) is 4.21. The van der Waals surface area contributed by atoms with E-state index in [-0.39, 0.29) is 5.92 Å². The van der Waals surface area contributed by atoms with Gasteiger partial charge in [0.05, 0.1) is 12.8 Å². The highest BCUT2D eigenvalue weighted by Crippen LogP contribution is 2.25. The first-order valence-corrected chi connectivity index (χ1v) is 7.99. The van der Waals surface area contributed by atoms with Crippen molar-refractivity contribution in [2.45, 2.75) is 26.4 Å². The van der Waals surface area contributed by atoms with Gasteiger partial charge in [-0.1, -0.05) is 31.3 Å². The van der Waals surface area contributed by atoms with Crippen LogP contribution in [0, 0.1) is 11.3 Å². The molecule has 3 aromatic rings. The van der Waals surface area contributed by atoms with E-state index in [4.69, 9.17) is 9.47 Å². The summed E-state index contributed by atoms with van der Waals surface area (Å²) in [6, 6.07) is 9.59. The highest BCUT2D eigenvalue weighted by molar-refractivity contribution is 7.16. The second kappa shape index (κ2) is 6.26. The lowest BCUT2D eigenvalue weighted by atomic mass is 10.1. The quantitative estimate of drug-likeness (QED) is 0.718. The smallest absolute Gasteiger partial charge is 0.213 e. The van der Waals surface area contributed by atoms with Crippen LogP contribution in [0.4, 0.5) is 0 Å². The van der Waals surface area contributed by atoms with Gasteiger partial charge in [-0.05, 0) is 18.1 Å². The Hall–Kier alpha value is -2.59. The number of fused-ring (bicyclic) bond motifs is 1. The number of aromatic nitrogens is 3. The van der Waals surface area contributed by atoms with Crippen molar-refractivity contribution in [2.24, 2.45) is 0 Å². The van der Waals surface area contributed by atoms with Crippen molar-refractivity contribution in [3.05, 3.63) is 40.7 Å². The first-order valence-electron chi connectivity index (χ1n) is 7.17. The number of nitrogens with zero attached hydrogens (tertiary/aromatic N) is 4. The van der Waals surface area contributed by atoms with Crippen molar-refractivity contribution >= 4 is 16.3 Å². The monoisotopic (exact) mass is 328 g/mol. The lowest BCUT2D eigenvalue weighted by Crippen LogP contribution is -1.99. The molecule has 7 heteroatoms. The van der Waals surface area contributed by atoms with E-state index < -0.39 is 0 Å². The minimum absolute atomic E-state index is 0.190. The summed E-state index contributed by atoms with van der Waals surface area (Å²) in [5, 5.41) is 14.5. The number of rotatable bonds is 5. The van der Waals surface area contributed by atoms with Crippen LogP contribution in [0.25, 0.3) is 4.96 Å². The topological polar surface area (TPSA) is 72.4 Å². The standard InChI is InChI=1S/C16H16N4O2S/c1-10(2)15-13(8-17)20-16(18-15)23-14(19-20)9-22-12-6-4-5-11(7-12)21-3/h4-7,10H,9H2,1-3H3. The zero-order chi connectivity index (χ0) is 16.4. The second-order valence-electron chi connectivity index (χ2n) is 5.27. The Kier molecular flexibility index (Phi) is 4.17. The molecule has 2 heterocycles. The van der Waals surface area contributed by atoms with Gasteiger partial charge < -0.3 is 9.47 Å². The lowest BCUT2D eigenvalue weighted by Gasteiger charge is -2.05. The fraction of sp³-hybridized carbons (Fsp3) is 0.312. The van der Waals surface area contributed by atoms with E-state index in [0.717, 1.165) is 21.4 Å². The molecule has 118 valence electrons. The molecule has 6 nitrogen and oxygen atoms in total. The Bertz CT molecular complexity index is 876. The van der Waals surface area contributed by atoms with Gasteiger partial charge >= 0.3 is 0 Å². The number of benzene rings is 1. The maximum atomic E-state index is 9.34. The van der Waals surface area contributed by atoms with Gasteiger partial charge in [0, 0.05) is 6.07 Å². The highest BCUT2D eigenvalue weighted by atomic mass is 32.1. The SMILES string of the molecule is COc1cccc(OCc2nn3c(C#N)c(C(C)C)nc3s2)c1. The highest BCUT2D eigenvalue weighted by Gasteiger charge is 2.18. The van der Waals surface area contributed by atoms with E-state index in [1.54, 1.807) is 11.6 Å².